The fourth-order valence-corrected chi connectivity index (χ4v) is 2.76. The summed E-state index contributed by atoms with van der Waals surface area (Å²) < 4.78 is 2.15. The second kappa shape index (κ2) is 5.04. The van der Waals surface area contributed by atoms with Gasteiger partial charge in [0.2, 0.25) is 0 Å². The Morgan fingerprint density at radius 1 is 1.16 bits per heavy atom. The number of aromatic nitrogens is 2. The first-order valence-corrected chi connectivity index (χ1v) is 7.22. The maximum absolute atomic E-state index is 4.61. The number of fused-ring (bicyclic) bond motifs is 3. The Balaban J connectivity index is 2.33. The number of hydrogen-bond acceptors (Lipinski definition) is 1. The number of aryl methyl sites for hydroxylation is 2. The van der Waals surface area contributed by atoms with E-state index in [1.54, 1.807) is 0 Å². The van der Waals surface area contributed by atoms with Crippen molar-refractivity contribution in [1.82, 2.24) is 9.61 Å². The minimum absolute atomic E-state index is 1.03. The molecule has 0 radical (unpaired) electrons. The third kappa shape index (κ3) is 2.01. The molecule has 0 aliphatic heterocycles. The van der Waals surface area contributed by atoms with Crippen molar-refractivity contribution in [2.24, 2.45) is 0 Å². The second-order valence-electron chi connectivity index (χ2n) is 5.11. The Morgan fingerprint density at radius 3 is 2.79 bits per heavy atom. The fraction of sp³-hybridized carbons (Fsp3) is 0.353. The summed E-state index contributed by atoms with van der Waals surface area (Å²) in [6, 6.07) is 10.9. The lowest BCUT2D eigenvalue weighted by atomic mass is 10.0. The maximum Gasteiger partial charge on any atom is 0.0774 e. The van der Waals surface area contributed by atoms with Gasteiger partial charge >= 0.3 is 0 Å². The highest BCUT2D eigenvalue weighted by atomic mass is 15.2. The van der Waals surface area contributed by atoms with E-state index in [4.69, 9.17) is 0 Å². The first kappa shape index (κ1) is 12.2. The molecule has 0 bridgehead atoms. The second-order valence-corrected chi connectivity index (χ2v) is 5.11. The van der Waals surface area contributed by atoms with Crippen LogP contribution in [0.1, 0.15) is 37.9 Å². The van der Waals surface area contributed by atoms with Gasteiger partial charge in [0.25, 0.3) is 0 Å². The Hall–Kier alpha value is -1.83. The lowest BCUT2D eigenvalue weighted by Gasteiger charge is -2.09. The standard InChI is InChI=1S/C17H20N2/c1-3-5-9-15-11-14-8-6-7-10-16(14)17-13(4-2)12-18-19(15)17/h6-8,10-12H,3-5,9H2,1-2H3. The molecule has 0 saturated heterocycles. The number of hydrogen-bond donors (Lipinski definition) is 0. The van der Waals surface area contributed by atoms with Crippen LogP contribution >= 0.6 is 0 Å². The van der Waals surface area contributed by atoms with Gasteiger partial charge in [-0.15, -0.1) is 0 Å². The maximum atomic E-state index is 4.61. The average Bonchev–Trinajstić information content (AvgIpc) is 2.89. The summed E-state index contributed by atoms with van der Waals surface area (Å²) in [6.45, 7) is 4.43. The quantitative estimate of drug-likeness (QED) is 0.673. The highest BCUT2D eigenvalue weighted by Crippen LogP contribution is 2.26. The van der Waals surface area contributed by atoms with Crippen LogP contribution in [0.25, 0.3) is 16.3 Å². The molecule has 0 aliphatic carbocycles. The van der Waals surface area contributed by atoms with Crippen LogP contribution in [0.2, 0.25) is 0 Å². The Kier molecular flexibility index (Phi) is 3.24. The molecule has 0 unspecified atom stereocenters. The number of unbranched alkanes of at least 4 members (excludes halogenated alkanes) is 1. The SMILES string of the molecule is CCCCc1cc2ccccc2c2c(CC)cnn12. The van der Waals surface area contributed by atoms with Crippen LogP contribution in [0.3, 0.4) is 0 Å². The van der Waals surface area contributed by atoms with E-state index < -0.39 is 0 Å². The van der Waals surface area contributed by atoms with Gasteiger partial charge in [0, 0.05) is 11.1 Å². The van der Waals surface area contributed by atoms with Gasteiger partial charge < -0.3 is 0 Å². The molecular weight excluding hydrogens is 232 g/mol. The van der Waals surface area contributed by atoms with Crippen molar-refractivity contribution in [3.8, 4) is 0 Å². The third-order valence-corrected chi connectivity index (χ3v) is 3.82. The van der Waals surface area contributed by atoms with Crippen molar-refractivity contribution in [3.63, 3.8) is 0 Å². The number of rotatable bonds is 4. The van der Waals surface area contributed by atoms with Crippen LogP contribution in [0.5, 0.6) is 0 Å². The monoisotopic (exact) mass is 252 g/mol. The molecule has 3 rings (SSSR count). The zero-order valence-corrected chi connectivity index (χ0v) is 11.7. The zero-order valence-electron chi connectivity index (χ0n) is 11.7. The zero-order chi connectivity index (χ0) is 13.2. The predicted octanol–water partition coefficient (Wildman–Crippen LogP) is 4.39. The molecular formula is C17H20N2. The van der Waals surface area contributed by atoms with Gasteiger partial charge in [-0.2, -0.15) is 5.10 Å². The molecule has 2 heteroatoms. The molecule has 19 heavy (non-hydrogen) atoms. The summed E-state index contributed by atoms with van der Waals surface area (Å²) >= 11 is 0. The van der Waals surface area contributed by atoms with E-state index in [0.29, 0.717) is 0 Å². The molecule has 1 aromatic carbocycles. The molecule has 2 nitrogen and oxygen atoms in total. The summed E-state index contributed by atoms with van der Waals surface area (Å²) in [5.74, 6) is 0. The third-order valence-electron chi connectivity index (χ3n) is 3.82. The van der Waals surface area contributed by atoms with E-state index in [1.807, 2.05) is 6.20 Å². The van der Waals surface area contributed by atoms with E-state index in [0.717, 1.165) is 12.8 Å². The lowest BCUT2D eigenvalue weighted by molar-refractivity contribution is 0.746. The molecule has 0 N–H and O–H groups in total. The molecule has 0 fully saturated rings. The number of pyridine rings is 1. The van der Waals surface area contributed by atoms with E-state index in [2.05, 4.69) is 53.8 Å². The molecule has 0 atom stereocenters. The van der Waals surface area contributed by atoms with Gasteiger partial charge in [0.05, 0.1) is 11.7 Å². The van der Waals surface area contributed by atoms with Gasteiger partial charge in [0.1, 0.15) is 0 Å². The van der Waals surface area contributed by atoms with Gasteiger partial charge in [-0.25, -0.2) is 4.52 Å². The first-order valence-electron chi connectivity index (χ1n) is 7.22. The van der Waals surface area contributed by atoms with Gasteiger partial charge in [-0.1, -0.05) is 44.5 Å². The molecule has 0 amide bonds. The van der Waals surface area contributed by atoms with Crippen molar-refractivity contribution in [2.45, 2.75) is 39.5 Å². The lowest BCUT2D eigenvalue weighted by Crippen LogP contribution is -1.99. The highest BCUT2D eigenvalue weighted by molar-refractivity contribution is 5.97. The normalized spacial score (nSPS) is 11.5. The van der Waals surface area contributed by atoms with E-state index in [-0.39, 0.29) is 0 Å². The fourth-order valence-electron chi connectivity index (χ4n) is 2.76. The summed E-state index contributed by atoms with van der Waals surface area (Å²) in [7, 11) is 0. The summed E-state index contributed by atoms with van der Waals surface area (Å²) in [6.07, 6.45) is 6.59. The molecule has 2 heterocycles. The Bertz CT molecular complexity index is 710. The van der Waals surface area contributed by atoms with E-state index in [9.17, 15) is 0 Å². The van der Waals surface area contributed by atoms with Crippen molar-refractivity contribution in [2.75, 3.05) is 0 Å². The summed E-state index contributed by atoms with van der Waals surface area (Å²) in [5, 5.41) is 7.26. The van der Waals surface area contributed by atoms with Crippen molar-refractivity contribution < 1.29 is 0 Å². The first-order chi connectivity index (χ1) is 9.35. The summed E-state index contributed by atoms with van der Waals surface area (Å²) in [5.41, 5.74) is 3.97. The molecule has 0 saturated carbocycles. The summed E-state index contributed by atoms with van der Waals surface area (Å²) in [4.78, 5) is 0. The van der Waals surface area contributed by atoms with Crippen molar-refractivity contribution in [1.29, 1.82) is 0 Å². The van der Waals surface area contributed by atoms with E-state index >= 15 is 0 Å². The van der Waals surface area contributed by atoms with E-state index in [1.165, 1.54) is 40.4 Å². The van der Waals surface area contributed by atoms with Gasteiger partial charge in [-0.3, -0.25) is 0 Å². The van der Waals surface area contributed by atoms with Gasteiger partial charge in [-0.05, 0) is 36.3 Å². The number of benzene rings is 1. The Morgan fingerprint density at radius 2 is 2.00 bits per heavy atom. The molecule has 0 aliphatic rings. The minimum Gasteiger partial charge on any atom is -0.237 e. The molecule has 3 aromatic rings. The average molecular weight is 252 g/mol. The topological polar surface area (TPSA) is 17.3 Å². The van der Waals surface area contributed by atoms with Crippen LogP contribution in [0.4, 0.5) is 0 Å². The minimum atomic E-state index is 1.03. The van der Waals surface area contributed by atoms with Crippen molar-refractivity contribution in [3.05, 3.63) is 47.8 Å². The smallest absolute Gasteiger partial charge is 0.0774 e. The van der Waals surface area contributed by atoms with Gasteiger partial charge in [0.15, 0.2) is 0 Å². The largest absolute Gasteiger partial charge is 0.237 e. The Labute approximate surface area is 114 Å². The van der Waals surface area contributed by atoms with Crippen LogP contribution in [-0.2, 0) is 12.8 Å². The van der Waals surface area contributed by atoms with Crippen LogP contribution in [0.15, 0.2) is 36.5 Å². The van der Waals surface area contributed by atoms with Crippen LogP contribution in [0, 0.1) is 0 Å². The van der Waals surface area contributed by atoms with Crippen LogP contribution in [-0.4, -0.2) is 9.61 Å². The predicted molar refractivity (Wildman–Crippen MR) is 80.7 cm³/mol. The molecule has 0 spiro atoms. The molecule has 98 valence electrons. The molecule has 2 aromatic heterocycles. The van der Waals surface area contributed by atoms with Crippen molar-refractivity contribution >= 4 is 16.3 Å². The highest BCUT2D eigenvalue weighted by Gasteiger charge is 2.10. The van der Waals surface area contributed by atoms with Crippen LogP contribution < -0.4 is 0 Å². The number of nitrogens with zero attached hydrogens (tertiary/aromatic N) is 2.